The van der Waals surface area contributed by atoms with Crippen molar-refractivity contribution in [2.75, 3.05) is 5.32 Å². The minimum Gasteiger partial charge on any atom is -0.348 e. The lowest BCUT2D eigenvalue weighted by Crippen LogP contribution is -2.16. The van der Waals surface area contributed by atoms with E-state index >= 15 is 0 Å². The van der Waals surface area contributed by atoms with Gasteiger partial charge in [0.25, 0.3) is 0 Å². The summed E-state index contributed by atoms with van der Waals surface area (Å²) in [6.45, 7) is 0. The fourth-order valence-corrected chi connectivity index (χ4v) is 1.36. The van der Waals surface area contributed by atoms with E-state index in [1.54, 1.807) is 0 Å². The smallest absolute Gasteiger partial charge is 0.230 e. The predicted molar refractivity (Wildman–Crippen MR) is 57.3 cm³/mol. The Balaban J connectivity index is 2.08. The van der Waals surface area contributed by atoms with Crippen LogP contribution in [0.1, 0.15) is 5.69 Å². The Hall–Kier alpha value is -2.24. The number of carbonyl (C=O) groups excluding carboxylic acids is 1. The van der Waals surface area contributed by atoms with Crippen LogP contribution in [0.3, 0.4) is 0 Å². The second-order valence-corrected chi connectivity index (χ2v) is 3.40. The normalized spacial score (nSPS) is 10.2. The molecule has 0 atom stereocenters. The first-order valence-corrected chi connectivity index (χ1v) is 4.88. The number of amides is 1. The molecule has 0 unspecified atom stereocenters. The molecule has 0 spiro atoms. The van der Waals surface area contributed by atoms with Gasteiger partial charge in [-0.3, -0.25) is 4.79 Å². The van der Waals surface area contributed by atoms with Gasteiger partial charge < -0.3 is 10.3 Å². The van der Waals surface area contributed by atoms with E-state index in [4.69, 9.17) is 0 Å². The molecule has 0 saturated carbocycles. The summed E-state index contributed by atoms with van der Waals surface area (Å²) in [6.07, 6.45) is 2.87. The highest BCUT2D eigenvalue weighted by Gasteiger charge is 2.12. The third kappa shape index (κ3) is 2.66. The standard InChI is InChI=1S/C11H9F2N3O/c12-8-2-1-3-9(13)11(8)16-10(17)4-7-5-14-6-15-7/h1-3,5-6H,4H2,(H,14,15)(H,16,17). The van der Waals surface area contributed by atoms with E-state index in [9.17, 15) is 13.6 Å². The molecular weight excluding hydrogens is 228 g/mol. The molecule has 0 bridgehead atoms. The van der Waals surface area contributed by atoms with Gasteiger partial charge >= 0.3 is 0 Å². The molecule has 1 amide bonds. The molecule has 2 aromatic rings. The molecular formula is C11H9F2N3O. The van der Waals surface area contributed by atoms with E-state index in [2.05, 4.69) is 15.3 Å². The van der Waals surface area contributed by atoms with Crippen LogP contribution in [0.25, 0.3) is 0 Å². The second-order valence-electron chi connectivity index (χ2n) is 3.40. The van der Waals surface area contributed by atoms with Gasteiger partial charge in [0.15, 0.2) is 0 Å². The summed E-state index contributed by atoms with van der Waals surface area (Å²) in [6, 6.07) is 3.39. The van der Waals surface area contributed by atoms with Crippen LogP contribution in [0.2, 0.25) is 0 Å². The summed E-state index contributed by atoms with van der Waals surface area (Å²) in [5.41, 5.74) is 0.135. The average molecular weight is 237 g/mol. The Morgan fingerprint density at radius 1 is 1.35 bits per heavy atom. The van der Waals surface area contributed by atoms with Crippen LogP contribution in [-0.2, 0) is 11.2 Å². The maximum atomic E-state index is 13.2. The SMILES string of the molecule is O=C(Cc1cnc[nH]1)Nc1c(F)cccc1F. The molecule has 1 heterocycles. The van der Waals surface area contributed by atoms with Crippen molar-refractivity contribution in [1.82, 2.24) is 9.97 Å². The fraction of sp³-hybridized carbons (Fsp3) is 0.0909. The van der Waals surface area contributed by atoms with Crippen molar-refractivity contribution in [1.29, 1.82) is 0 Å². The number of benzene rings is 1. The Kier molecular flexibility index (Phi) is 3.13. The number of para-hydroxylation sites is 1. The molecule has 0 aliphatic heterocycles. The molecule has 0 aliphatic rings. The zero-order valence-corrected chi connectivity index (χ0v) is 8.71. The molecule has 2 rings (SSSR count). The molecule has 4 nitrogen and oxygen atoms in total. The van der Waals surface area contributed by atoms with Gasteiger partial charge in [-0.25, -0.2) is 13.8 Å². The Morgan fingerprint density at radius 2 is 2.06 bits per heavy atom. The van der Waals surface area contributed by atoms with E-state index in [0.717, 1.165) is 12.1 Å². The van der Waals surface area contributed by atoms with Crippen molar-refractivity contribution in [3.63, 3.8) is 0 Å². The van der Waals surface area contributed by atoms with E-state index in [0.29, 0.717) is 5.69 Å². The summed E-state index contributed by atoms with van der Waals surface area (Å²) in [5.74, 6) is -2.12. The van der Waals surface area contributed by atoms with Gasteiger partial charge in [0.1, 0.15) is 17.3 Å². The zero-order chi connectivity index (χ0) is 12.3. The maximum Gasteiger partial charge on any atom is 0.230 e. The molecule has 88 valence electrons. The van der Waals surface area contributed by atoms with Crippen LogP contribution in [0, 0.1) is 11.6 Å². The predicted octanol–water partition coefficient (Wildman–Crippen LogP) is 1.87. The van der Waals surface area contributed by atoms with Crippen molar-refractivity contribution in [2.24, 2.45) is 0 Å². The minimum absolute atomic E-state index is 0.0201. The first-order chi connectivity index (χ1) is 8.16. The maximum absolute atomic E-state index is 13.2. The number of imidazole rings is 1. The third-order valence-corrected chi connectivity index (χ3v) is 2.13. The largest absolute Gasteiger partial charge is 0.348 e. The quantitative estimate of drug-likeness (QED) is 0.856. The van der Waals surface area contributed by atoms with Crippen molar-refractivity contribution in [3.05, 3.63) is 48.1 Å². The number of hydrogen-bond acceptors (Lipinski definition) is 2. The number of halogens is 2. The first-order valence-electron chi connectivity index (χ1n) is 4.88. The average Bonchev–Trinajstić information content (AvgIpc) is 2.76. The molecule has 1 aromatic heterocycles. The number of rotatable bonds is 3. The van der Waals surface area contributed by atoms with Gasteiger partial charge in [-0.15, -0.1) is 0 Å². The number of nitrogens with zero attached hydrogens (tertiary/aromatic N) is 1. The fourth-order valence-electron chi connectivity index (χ4n) is 1.36. The Bertz CT molecular complexity index is 505. The number of anilines is 1. The monoisotopic (exact) mass is 237 g/mol. The highest BCUT2D eigenvalue weighted by atomic mass is 19.1. The van der Waals surface area contributed by atoms with Crippen molar-refractivity contribution >= 4 is 11.6 Å². The summed E-state index contributed by atoms with van der Waals surface area (Å²) in [4.78, 5) is 17.9. The van der Waals surface area contributed by atoms with Crippen molar-refractivity contribution < 1.29 is 13.6 Å². The Morgan fingerprint density at radius 3 is 2.65 bits per heavy atom. The number of carbonyl (C=O) groups is 1. The lowest BCUT2D eigenvalue weighted by Gasteiger charge is -2.06. The zero-order valence-electron chi connectivity index (χ0n) is 8.71. The van der Waals surface area contributed by atoms with E-state index in [-0.39, 0.29) is 6.42 Å². The number of aromatic nitrogens is 2. The van der Waals surface area contributed by atoms with Crippen LogP contribution in [0.15, 0.2) is 30.7 Å². The highest BCUT2D eigenvalue weighted by molar-refractivity contribution is 5.92. The first kappa shape index (κ1) is 11.3. The number of H-pyrrole nitrogens is 1. The minimum atomic E-state index is -0.803. The topological polar surface area (TPSA) is 57.8 Å². The van der Waals surface area contributed by atoms with Gasteiger partial charge in [-0.2, -0.15) is 0 Å². The van der Waals surface area contributed by atoms with E-state index in [1.165, 1.54) is 18.6 Å². The number of hydrogen-bond donors (Lipinski definition) is 2. The third-order valence-electron chi connectivity index (χ3n) is 2.13. The molecule has 6 heteroatoms. The summed E-state index contributed by atoms with van der Waals surface area (Å²) in [5, 5.41) is 2.18. The summed E-state index contributed by atoms with van der Waals surface area (Å²) < 4.78 is 26.4. The van der Waals surface area contributed by atoms with Crippen LogP contribution >= 0.6 is 0 Å². The van der Waals surface area contributed by atoms with Crippen LogP contribution in [0.4, 0.5) is 14.5 Å². The van der Waals surface area contributed by atoms with Gasteiger partial charge in [0.2, 0.25) is 5.91 Å². The summed E-state index contributed by atoms with van der Waals surface area (Å²) >= 11 is 0. The number of aromatic amines is 1. The van der Waals surface area contributed by atoms with E-state index in [1.807, 2.05) is 0 Å². The van der Waals surface area contributed by atoms with Crippen LogP contribution in [0.5, 0.6) is 0 Å². The molecule has 2 N–H and O–H groups in total. The molecule has 0 fully saturated rings. The van der Waals surface area contributed by atoms with Gasteiger partial charge in [0.05, 0.1) is 12.7 Å². The summed E-state index contributed by atoms with van der Waals surface area (Å²) in [7, 11) is 0. The highest BCUT2D eigenvalue weighted by Crippen LogP contribution is 2.17. The van der Waals surface area contributed by atoms with Crippen LogP contribution in [-0.4, -0.2) is 15.9 Å². The van der Waals surface area contributed by atoms with Crippen molar-refractivity contribution in [2.45, 2.75) is 6.42 Å². The molecule has 1 aromatic carbocycles. The van der Waals surface area contributed by atoms with Gasteiger partial charge in [-0.05, 0) is 12.1 Å². The molecule has 0 aliphatic carbocycles. The Labute approximate surface area is 95.7 Å². The number of nitrogens with one attached hydrogen (secondary N) is 2. The lowest BCUT2D eigenvalue weighted by atomic mass is 10.2. The van der Waals surface area contributed by atoms with Crippen LogP contribution < -0.4 is 5.32 Å². The molecule has 0 radical (unpaired) electrons. The lowest BCUT2D eigenvalue weighted by molar-refractivity contribution is -0.115. The molecule has 0 saturated heterocycles. The molecule has 17 heavy (non-hydrogen) atoms. The van der Waals surface area contributed by atoms with Crippen molar-refractivity contribution in [3.8, 4) is 0 Å². The van der Waals surface area contributed by atoms with E-state index < -0.39 is 23.2 Å². The second kappa shape index (κ2) is 4.73. The van der Waals surface area contributed by atoms with Gasteiger partial charge in [0, 0.05) is 11.9 Å². The van der Waals surface area contributed by atoms with Gasteiger partial charge in [-0.1, -0.05) is 6.07 Å².